The number of rotatable bonds is 5. The van der Waals surface area contributed by atoms with E-state index >= 15 is 0 Å². The average molecular weight is 272 g/mol. The van der Waals surface area contributed by atoms with Gasteiger partial charge in [-0.2, -0.15) is 0 Å². The van der Waals surface area contributed by atoms with Gasteiger partial charge in [-0.05, 0) is 24.0 Å². The summed E-state index contributed by atoms with van der Waals surface area (Å²) in [5.74, 6) is -0.125. The minimum Gasteiger partial charge on any atom is -0.396 e. The molecule has 0 radical (unpaired) electrons. The second-order valence-electron chi connectivity index (χ2n) is 5.70. The van der Waals surface area contributed by atoms with E-state index in [1.54, 1.807) is 12.3 Å². The monoisotopic (exact) mass is 272 g/mol. The van der Waals surface area contributed by atoms with Gasteiger partial charge in [0.2, 0.25) is 0 Å². The molecule has 0 aliphatic heterocycles. The van der Waals surface area contributed by atoms with Crippen LogP contribution in [0.1, 0.15) is 30.6 Å². The van der Waals surface area contributed by atoms with Crippen LogP contribution in [-0.4, -0.2) is 29.1 Å². The number of carbonyl (C=O) groups is 1. The number of carbonyl (C=O) groups excluding carboxylic acids is 1. The van der Waals surface area contributed by atoms with Crippen molar-refractivity contribution in [3.63, 3.8) is 0 Å². The van der Waals surface area contributed by atoms with Crippen molar-refractivity contribution >= 4 is 16.8 Å². The van der Waals surface area contributed by atoms with Crippen LogP contribution in [0.25, 0.3) is 10.9 Å². The van der Waals surface area contributed by atoms with E-state index in [1.165, 1.54) is 0 Å². The van der Waals surface area contributed by atoms with Gasteiger partial charge in [0.15, 0.2) is 0 Å². The Labute approximate surface area is 118 Å². The third-order valence-corrected chi connectivity index (χ3v) is 3.39. The van der Waals surface area contributed by atoms with Crippen LogP contribution >= 0.6 is 0 Å². The maximum atomic E-state index is 12.3. The molecule has 1 heterocycles. The number of aliphatic hydroxyl groups is 1. The van der Waals surface area contributed by atoms with Gasteiger partial charge in [-0.3, -0.25) is 9.78 Å². The minimum atomic E-state index is -0.125. The number of para-hydroxylation sites is 1. The van der Waals surface area contributed by atoms with Crippen molar-refractivity contribution in [1.29, 1.82) is 0 Å². The smallest absolute Gasteiger partial charge is 0.253 e. The number of aliphatic hydroxyl groups excluding tert-OH is 1. The molecule has 0 fully saturated rings. The van der Waals surface area contributed by atoms with E-state index < -0.39 is 0 Å². The summed E-state index contributed by atoms with van der Waals surface area (Å²) in [6.45, 7) is 4.68. The molecule has 1 aromatic heterocycles. The highest BCUT2D eigenvalue weighted by Crippen LogP contribution is 2.19. The Bertz CT molecular complexity index is 603. The molecule has 0 spiro atoms. The van der Waals surface area contributed by atoms with Gasteiger partial charge in [-0.25, -0.2) is 0 Å². The topological polar surface area (TPSA) is 62.2 Å². The Kier molecular flexibility index (Phi) is 4.35. The van der Waals surface area contributed by atoms with Crippen molar-refractivity contribution in [2.24, 2.45) is 5.41 Å². The van der Waals surface area contributed by atoms with Crippen LogP contribution in [0.4, 0.5) is 0 Å². The molecule has 106 valence electrons. The highest BCUT2D eigenvalue weighted by Gasteiger charge is 2.19. The van der Waals surface area contributed by atoms with E-state index in [0.717, 1.165) is 5.39 Å². The van der Waals surface area contributed by atoms with Crippen molar-refractivity contribution in [3.8, 4) is 0 Å². The van der Waals surface area contributed by atoms with Gasteiger partial charge in [-0.1, -0.05) is 32.0 Å². The fourth-order valence-corrected chi connectivity index (χ4v) is 2.09. The number of nitrogens with one attached hydrogen (secondary N) is 1. The van der Waals surface area contributed by atoms with Crippen LogP contribution in [0.3, 0.4) is 0 Å². The van der Waals surface area contributed by atoms with Crippen molar-refractivity contribution < 1.29 is 9.90 Å². The first kappa shape index (κ1) is 14.5. The van der Waals surface area contributed by atoms with Crippen molar-refractivity contribution in [2.75, 3.05) is 13.2 Å². The van der Waals surface area contributed by atoms with Crippen LogP contribution in [0, 0.1) is 5.41 Å². The van der Waals surface area contributed by atoms with E-state index in [9.17, 15) is 4.79 Å². The number of aromatic nitrogens is 1. The normalized spacial score (nSPS) is 11.6. The van der Waals surface area contributed by atoms with Gasteiger partial charge in [0.1, 0.15) is 0 Å². The van der Waals surface area contributed by atoms with Gasteiger partial charge in [-0.15, -0.1) is 0 Å². The Hall–Kier alpha value is -1.94. The van der Waals surface area contributed by atoms with Crippen LogP contribution in [-0.2, 0) is 0 Å². The number of fused-ring (bicyclic) bond motifs is 1. The molecule has 4 heteroatoms. The number of amides is 1. The van der Waals surface area contributed by atoms with E-state index in [1.807, 2.05) is 38.1 Å². The first-order chi connectivity index (χ1) is 9.53. The molecule has 0 unspecified atom stereocenters. The van der Waals surface area contributed by atoms with Crippen LogP contribution in [0.15, 0.2) is 36.5 Å². The minimum absolute atomic E-state index is 0.123. The highest BCUT2D eigenvalue weighted by molar-refractivity contribution is 6.05. The first-order valence-corrected chi connectivity index (χ1v) is 6.76. The standard InChI is InChI=1S/C16H20N2O2/c1-16(2,8-10-19)11-18-15(20)13-7-3-5-12-6-4-9-17-14(12)13/h3-7,9,19H,8,10-11H2,1-2H3,(H,18,20). The van der Waals surface area contributed by atoms with Gasteiger partial charge in [0.05, 0.1) is 11.1 Å². The Balaban J connectivity index is 2.16. The summed E-state index contributed by atoms with van der Waals surface area (Å²) >= 11 is 0. The van der Waals surface area contributed by atoms with E-state index in [0.29, 0.717) is 24.0 Å². The summed E-state index contributed by atoms with van der Waals surface area (Å²) in [6, 6.07) is 9.37. The Morgan fingerprint density at radius 2 is 2.05 bits per heavy atom. The summed E-state index contributed by atoms with van der Waals surface area (Å²) in [5, 5.41) is 12.9. The van der Waals surface area contributed by atoms with E-state index in [-0.39, 0.29) is 17.9 Å². The predicted molar refractivity (Wildman–Crippen MR) is 79.6 cm³/mol. The molecule has 0 aliphatic rings. The van der Waals surface area contributed by atoms with Gasteiger partial charge < -0.3 is 10.4 Å². The summed E-state index contributed by atoms with van der Waals surface area (Å²) < 4.78 is 0. The molecule has 0 bridgehead atoms. The average Bonchev–Trinajstić information content (AvgIpc) is 2.44. The van der Waals surface area contributed by atoms with Gasteiger partial charge >= 0.3 is 0 Å². The molecular weight excluding hydrogens is 252 g/mol. The summed E-state index contributed by atoms with van der Waals surface area (Å²) in [4.78, 5) is 16.6. The lowest BCUT2D eigenvalue weighted by atomic mass is 9.89. The summed E-state index contributed by atoms with van der Waals surface area (Å²) in [7, 11) is 0. The van der Waals surface area contributed by atoms with Crippen LogP contribution in [0.5, 0.6) is 0 Å². The molecule has 0 aliphatic carbocycles. The number of pyridine rings is 1. The third kappa shape index (κ3) is 3.33. The molecule has 1 amide bonds. The van der Waals surface area contributed by atoms with E-state index in [2.05, 4.69) is 10.3 Å². The fraction of sp³-hybridized carbons (Fsp3) is 0.375. The number of benzene rings is 1. The van der Waals surface area contributed by atoms with Crippen molar-refractivity contribution in [3.05, 3.63) is 42.1 Å². The number of hydrogen-bond donors (Lipinski definition) is 2. The first-order valence-electron chi connectivity index (χ1n) is 6.76. The lowest BCUT2D eigenvalue weighted by Crippen LogP contribution is -2.34. The molecular formula is C16H20N2O2. The predicted octanol–water partition coefficient (Wildman–Crippen LogP) is 2.37. The molecule has 2 rings (SSSR count). The molecule has 2 N–H and O–H groups in total. The third-order valence-electron chi connectivity index (χ3n) is 3.39. The molecule has 20 heavy (non-hydrogen) atoms. The van der Waals surface area contributed by atoms with Crippen molar-refractivity contribution in [1.82, 2.24) is 10.3 Å². The zero-order chi connectivity index (χ0) is 14.6. The SMILES string of the molecule is CC(C)(CCO)CNC(=O)c1cccc2cccnc12. The molecule has 0 saturated heterocycles. The van der Waals surface area contributed by atoms with Crippen LogP contribution < -0.4 is 5.32 Å². The molecule has 0 atom stereocenters. The Morgan fingerprint density at radius 1 is 1.30 bits per heavy atom. The zero-order valence-corrected chi connectivity index (χ0v) is 11.9. The molecule has 1 aromatic carbocycles. The Morgan fingerprint density at radius 3 is 2.80 bits per heavy atom. The number of hydrogen-bond acceptors (Lipinski definition) is 3. The molecule has 4 nitrogen and oxygen atoms in total. The summed E-state index contributed by atoms with van der Waals surface area (Å²) in [6.07, 6.45) is 2.34. The van der Waals surface area contributed by atoms with Gasteiger partial charge in [0, 0.05) is 24.7 Å². The summed E-state index contributed by atoms with van der Waals surface area (Å²) in [5.41, 5.74) is 1.18. The quantitative estimate of drug-likeness (QED) is 0.878. The molecule has 2 aromatic rings. The van der Waals surface area contributed by atoms with Crippen LogP contribution in [0.2, 0.25) is 0 Å². The highest BCUT2D eigenvalue weighted by atomic mass is 16.3. The zero-order valence-electron chi connectivity index (χ0n) is 11.9. The largest absolute Gasteiger partial charge is 0.396 e. The van der Waals surface area contributed by atoms with Crippen molar-refractivity contribution in [2.45, 2.75) is 20.3 Å². The van der Waals surface area contributed by atoms with E-state index in [4.69, 9.17) is 5.11 Å². The maximum absolute atomic E-state index is 12.3. The van der Waals surface area contributed by atoms with Gasteiger partial charge in [0.25, 0.3) is 5.91 Å². The second kappa shape index (κ2) is 6.01. The lowest BCUT2D eigenvalue weighted by Gasteiger charge is -2.23. The second-order valence-corrected chi connectivity index (χ2v) is 5.70. The maximum Gasteiger partial charge on any atom is 0.253 e. The fourth-order valence-electron chi connectivity index (χ4n) is 2.09. The molecule has 0 saturated carbocycles. The lowest BCUT2D eigenvalue weighted by molar-refractivity contribution is 0.0929. The number of nitrogens with zero attached hydrogens (tertiary/aromatic N) is 1.